The minimum absolute atomic E-state index is 0.228. The number of anilines is 1. The van der Waals surface area contributed by atoms with Gasteiger partial charge in [-0.25, -0.2) is 0 Å². The van der Waals surface area contributed by atoms with Crippen LogP contribution < -0.4 is 10.2 Å². The maximum Gasteiger partial charge on any atom is 0.236 e. The number of benzene rings is 1. The second-order valence-corrected chi connectivity index (χ2v) is 6.35. The van der Waals surface area contributed by atoms with Gasteiger partial charge in [0.25, 0.3) is 0 Å². The number of carbonyl (C=O) groups is 1. The van der Waals surface area contributed by atoms with Crippen molar-refractivity contribution in [2.45, 2.75) is 12.8 Å². The molecule has 1 heterocycles. The second kappa shape index (κ2) is 6.67. The maximum atomic E-state index is 12.1. The predicted octanol–water partition coefficient (Wildman–Crippen LogP) is 1.99. The molecule has 1 aliphatic heterocycles. The lowest BCUT2D eigenvalue weighted by molar-refractivity contribution is -0.130. The van der Waals surface area contributed by atoms with Gasteiger partial charge in [-0.3, -0.25) is 4.79 Å². The van der Waals surface area contributed by atoms with E-state index < -0.39 is 0 Å². The third kappa shape index (κ3) is 4.11. The van der Waals surface area contributed by atoms with Gasteiger partial charge in [0, 0.05) is 36.9 Å². The topological polar surface area (TPSA) is 35.6 Å². The first-order valence-corrected chi connectivity index (χ1v) is 8.09. The first-order chi connectivity index (χ1) is 10.2. The largest absolute Gasteiger partial charge is 0.368 e. The zero-order chi connectivity index (χ0) is 14.7. The van der Waals surface area contributed by atoms with E-state index in [1.165, 1.54) is 18.5 Å². The zero-order valence-electron chi connectivity index (χ0n) is 12.2. The fraction of sp³-hybridized carbons (Fsp3) is 0.562. The average molecular weight is 308 g/mol. The number of hydrogen-bond donors (Lipinski definition) is 1. The van der Waals surface area contributed by atoms with E-state index in [-0.39, 0.29) is 5.91 Å². The van der Waals surface area contributed by atoms with Crippen molar-refractivity contribution in [1.82, 2.24) is 10.2 Å². The number of halogens is 1. The molecular weight excluding hydrogens is 286 g/mol. The lowest BCUT2D eigenvalue weighted by Crippen LogP contribution is -2.51. The number of rotatable bonds is 5. The lowest BCUT2D eigenvalue weighted by atomic mass is 10.2. The first-order valence-electron chi connectivity index (χ1n) is 7.71. The van der Waals surface area contributed by atoms with Crippen molar-refractivity contribution in [3.05, 3.63) is 29.3 Å². The lowest BCUT2D eigenvalue weighted by Gasteiger charge is -2.36. The Morgan fingerprint density at radius 1 is 1.14 bits per heavy atom. The summed E-state index contributed by atoms with van der Waals surface area (Å²) in [5, 5.41) is 4.03. The summed E-state index contributed by atoms with van der Waals surface area (Å²) in [5.41, 5.74) is 1.18. The normalized spacial score (nSPS) is 18.9. The SMILES string of the molecule is O=C(CNCC1CC1)N1CCN(c2ccc(Cl)cc2)CC1. The Balaban J connectivity index is 1.43. The highest BCUT2D eigenvalue weighted by molar-refractivity contribution is 6.30. The Labute approximate surface area is 131 Å². The average Bonchev–Trinajstić information content (AvgIpc) is 3.32. The molecule has 0 aromatic heterocycles. The molecule has 1 aliphatic carbocycles. The molecule has 21 heavy (non-hydrogen) atoms. The Bertz CT molecular complexity index is 479. The molecule has 4 nitrogen and oxygen atoms in total. The number of hydrogen-bond acceptors (Lipinski definition) is 3. The molecule has 1 amide bonds. The van der Waals surface area contributed by atoms with Crippen LogP contribution in [0.4, 0.5) is 5.69 Å². The van der Waals surface area contributed by atoms with Crippen molar-refractivity contribution in [2.24, 2.45) is 5.92 Å². The summed E-state index contributed by atoms with van der Waals surface area (Å²) in [4.78, 5) is 16.4. The van der Waals surface area contributed by atoms with Crippen molar-refractivity contribution < 1.29 is 4.79 Å². The van der Waals surface area contributed by atoms with Gasteiger partial charge in [-0.2, -0.15) is 0 Å². The van der Waals surface area contributed by atoms with Crippen molar-refractivity contribution >= 4 is 23.2 Å². The van der Waals surface area contributed by atoms with E-state index in [2.05, 4.69) is 10.2 Å². The third-order valence-electron chi connectivity index (χ3n) is 4.23. The Morgan fingerprint density at radius 3 is 2.43 bits per heavy atom. The summed E-state index contributed by atoms with van der Waals surface area (Å²) in [5.74, 6) is 1.05. The van der Waals surface area contributed by atoms with Crippen LogP contribution in [0.25, 0.3) is 0 Å². The van der Waals surface area contributed by atoms with Gasteiger partial charge in [0.1, 0.15) is 0 Å². The number of amides is 1. The van der Waals surface area contributed by atoms with Gasteiger partial charge in [0.2, 0.25) is 5.91 Å². The molecule has 0 radical (unpaired) electrons. The molecule has 1 saturated heterocycles. The van der Waals surface area contributed by atoms with Gasteiger partial charge in [0.15, 0.2) is 0 Å². The summed E-state index contributed by atoms with van der Waals surface area (Å²) >= 11 is 5.91. The molecule has 5 heteroatoms. The Kier molecular flexibility index (Phi) is 4.66. The van der Waals surface area contributed by atoms with Gasteiger partial charge in [-0.1, -0.05) is 11.6 Å². The maximum absolute atomic E-state index is 12.1. The molecule has 0 unspecified atom stereocenters. The molecule has 1 aromatic rings. The van der Waals surface area contributed by atoms with Crippen LogP contribution in [0.1, 0.15) is 12.8 Å². The van der Waals surface area contributed by atoms with Gasteiger partial charge in [-0.15, -0.1) is 0 Å². The standard InChI is InChI=1S/C16H22ClN3O/c17-14-3-5-15(6-4-14)19-7-9-20(10-8-19)16(21)12-18-11-13-1-2-13/h3-6,13,18H,1-2,7-12H2. The molecule has 1 saturated carbocycles. The van der Waals surface area contributed by atoms with E-state index in [1.54, 1.807) is 0 Å². The van der Waals surface area contributed by atoms with Crippen LogP contribution in [0.15, 0.2) is 24.3 Å². The van der Waals surface area contributed by atoms with Gasteiger partial charge in [-0.05, 0) is 49.6 Å². The highest BCUT2D eigenvalue weighted by Gasteiger charge is 2.23. The molecule has 0 atom stereocenters. The van der Waals surface area contributed by atoms with E-state index in [9.17, 15) is 4.79 Å². The van der Waals surface area contributed by atoms with Gasteiger partial charge < -0.3 is 15.1 Å². The van der Waals surface area contributed by atoms with Crippen molar-refractivity contribution in [1.29, 1.82) is 0 Å². The van der Waals surface area contributed by atoms with Crippen LogP contribution in [-0.4, -0.2) is 50.1 Å². The third-order valence-corrected chi connectivity index (χ3v) is 4.48. The van der Waals surface area contributed by atoms with E-state index in [4.69, 9.17) is 11.6 Å². The summed E-state index contributed by atoms with van der Waals surface area (Å²) in [7, 11) is 0. The molecule has 114 valence electrons. The summed E-state index contributed by atoms with van der Waals surface area (Å²) in [6.45, 7) is 4.85. The van der Waals surface area contributed by atoms with Gasteiger partial charge in [0.05, 0.1) is 6.54 Å². The van der Waals surface area contributed by atoms with Crippen molar-refractivity contribution in [3.8, 4) is 0 Å². The van der Waals surface area contributed by atoms with Gasteiger partial charge >= 0.3 is 0 Å². The molecule has 1 aromatic carbocycles. The number of piperazine rings is 1. The fourth-order valence-corrected chi connectivity index (χ4v) is 2.81. The number of nitrogens with zero attached hydrogens (tertiary/aromatic N) is 2. The van der Waals surface area contributed by atoms with Crippen LogP contribution in [0.3, 0.4) is 0 Å². The quantitative estimate of drug-likeness (QED) is 0.903. The minimum Gasteiger partial charge on any atom is -0.368 e. The number of carbonyl (C=O) groups excluding carboxylic acids is 1. The first kappa shape index (κ1) is 14.7. The van der Waals surface area contributed by atoms with E-state index >= 15 is 0 Å². The van der Waals surface area contributed by atoms with Crippen LogP contribution in [-0.2, 0) is 4.79 Å². The molecule has 0 bridgehead atoms. The Morgan fingerprint density at radius 2 is 1.81 bits per heavy atom. The molecule has 2 fully saturated rings. The fourth-order valence-electron chi connectivity index (χ4n) is 2.68. The van der Waals surface area contributed by atoms with Crippen molar-refractivity contribution in [2.75, 3.05) is 44.2 Å². The summed E-state index contributed by atoms with van der Waals surface area (Å²) in [6.07, 6.45) is 2.64. The smallest absolute Gasteiger partial charge is 0.236 e. The molecular formula is C16H22ClN3O. The van der Waals surface area contributed by atoms with Crippen LogP contribution >= 0.6 is 11.6 Å². The predicted molar refractivity (Wildman–Crippen MR) is 85.8 cm³/mol. The molecule has 2 aliphatic rings. The minimum atomic E-state index is 0.228. The van der Waals surface area contributed by atoms with E-state index in [0.29, 0.717) is 6.54 Å². The van der Waals surface area contributed by atoms with Crippen molar-refractivity contribution in [3.63, 3.8) is 0 Å². The monoisotopic (exact) mass is 307 g/mol. The molecule has 0 spiro atoms. The molecule has 1 N–H and O–H groups in total. The van der Waals surface area contributed by atoms with Crippen LogP contribution in [0, 0.1) is 5.92 Å². The van der Waals surface area contributed by atoms with E-state index in [1.807, 2.05) is 29.2 Å². The molecule has 3 rings (SSSR count). The number of nitrogens with one attached hydrogen (secondary N) is 1. The second-order valence-electron chi connectivity index (χ2n) is 5.92. The highest BCUT2D eigenvalue weighted by atomic mass is 35.5. The Hall–Kier alpha value is -1.26. The van der Waals surface area contributed by atoms with E-state index in [0.717, 1.165) is 43.7 Å². The van der Waals surface area contributed by atoms with Crippen LogP contribution in [0.2, 0.25) is 5.02 Å². The zero-order valence-corrected chi connectivity index (χ0v) is 13.0. The summed E-state index contributed by atoms with van der Waals surface area (Å²) < 4.78 is 0. The van der Waals surface area contributed by atoms with Crippen LogP contribution in [0.5, 0.6) is 0 Å². The summed E-state index contributed by atoms with van der Waals surface area (Å²) in [6, 6.07) is 7.90. The highest BCUT2D eigenvalue weighted by Crippen LogP contribution is 2.27.